The Morgan fingerprint density at radius 3 is 2.57 bits per heavy atom. The first kappa shape index (κ1) is 17.6. The zero-order valence-electron chi connectivity index (χ0n) is 13.3. The fraction of sp³-hybridized carbons (Fsp3) is 0.400. The molecule has 8 heteroatoms. The van der Waals surface area contributed by atoms with E-state index in [-0.39, 0.29) is 5.91 Å². The summed E-state index contributed by atoms with van der Waals surface area (Å²) in [5.41, 5.74) is 0.341. The number of nitrogens with one attached hydrogen (secondary N) is 1. The molecule has 0 radical (unpaired) electrons. The van der Waals surface area contributed by atoms with Crippen molar-refractivity contribution in [2.24, 2.45) is 0 Å². The topological polar surface area (TPSA) is 73.3 Å². The summed E-state index contributed by atoms with van der Waals surface area (Å²) in [7, 11) is 3.03. The number of hydrogen-bond acceptors (Lipinski definition) is 7. The fourth-order valence-electron chi connectivity index (χ4n) is 1.86. The molecule has 1 aromatic carbocycles. The molecule has 1 N–H and O–H groups in total. The van der Waals surface area contributed by atoms with E-state index in [1.165, 1.54) is 25.6 Å². The summed E-state index contributed by atoms with van der Waals surface area (Å²) >= 11 is 3.01. The molecule has 6 nitrogen and oxygen atoms in total. The second kappa shape index (κ2) is 8.73. The van der Waals surface area contributed by atoms with E-state index in [1.54, 1.807) is 30.0 Å². The number of hydrogen-bond donors (Lipinski definition) is 1. The van der Waals surface area contributed by atoms with E-state index < -0.39 is 0 Å². The van der Waals surface area contributed by atoms with Gasteiger partial charge in [-0.25, -0.2) is 0 Å². The van der Waals surface area contributed by atoms with Crippen LogP contribution in [0.25, 0.3) is 0 Å². The molecule has 0 spiro atoms. The van der Waals surface area contributed by atoms with Crippen LogP contribution in [0.15, 0.2) is 22.5 Å². The maximum absolute atomic E-state index is 12.5. The molecule has 1 aromatic heterocycles. The third-order valence-corrected chi connectivity index (χ3v) is 5.06. The molecule has 1 heterocycles. The average Bonchev–Trinajstić information content (AvgIpc) is 3.01. The van der Waals surface area contributed by atoms with E-state index in [2.05, 4.69) is 22.4 Å². The number of methoxy groups -OCH3 is 2. The number of amides is 1. The Morgan fingerprint density at radius 2 is 1.96 bits per heavy atom. The van der Waals surface area contributed by atoms with Crippen molar-refractivity contribution in [2.75, 3.05) is 25.3 Å². The number of unbranched alkanes of at least 4 members (excludes halogenated alkanes) is 1. The van der Waals surface area contributed by atoms with Crippen LogP contribution in [-0.4, -0.2) is 36.1 Å². The van der Waals surface area contributed by atoms with Crippen molar-refractivity contribution in [3.8, 4) is 11.5 Å². The van der Waals surface area contributed by atoms with Gasteiger partial charge in [-0.2, -0.15) is 0 Å². The summed E-state index contributed by atoms with van der Waals surface area (Å²) in [6.07, 6.45) is 2.27. The van der Waals surface area contributed by atoms with Crippen LogP contribution in [0.5, 0.6) is 11.5 Å². The van der Waals surface area contributed by atoms with Crippen LogP contribution >= 0.6 is 23.1 Å². The Bertz CT molecular complexity index is 639. The number of carbonyl (C=O) groups excluding carboxylic acids is 1. The maximum atomic E-state index is 12.5. The molecular weight excluding hydrogens is 334 g/mol. The molecule has 2 rings (SSSR count). The van der Waals surface area contributed by atoms with Gasteiger partial charge in [-0.15, -0.1) is 10.2 Å². The van der Waals surface area contributed by atoms with Gasteiger partial charge in [-0.05, 0) is 18.6 Å². The minimum absolute atomic E-state index is 0.333. The highest BCUT2D eigenvalue weighted by Crippen LogP contribution is 2.31. The average molecular weight is 353 g/mol. The van der Waals surface area contributed by atoms with Crippen molar-refractivity contribution in [1.82, 2.24) is 10.2 Å². The number of anilines is 1. The van der Waals surface area contributed by atoms with E-state index in [0.29, 0.717) is 22.2 Å². The predicted molar refractivity (Wildman–Crippen MR) is 93.0 cm³/mol. The van der Waals surface area contributed by atoms with Crippen molar-refractivity contribution in [3.63, 3.8) is 0 Å². The van der Waals surface area contributed by atoms with Gasteiger partial charge in [0.25, 0.3) is 5.91 Å². The summed E-state index contributed by atoms with van der Waals surface area (Å²) in [5, 5.41) is 11.3. The maximum Gasteiger partial charge on any atom is 0.265 e. The lowest BCUT2D eigenvalue weighted by molar-refractivity contribution is 0.102. The second-order valence-corrected chi connectivity index (χ2v) is 6.89. The summed E-state index contributed by atoms with van der Waals surface area (Å²) in [6, 6.07) is 5.19. The van der Waals surface area contributed by atoms with Gasteiger partial charge >= 0.3 is 0 Å². The lowest BCUT2D eigenvalue weighted by atomic mass is 10.1. The highest BCUT2D eigenvalue weighted by atomic mass is 32.2. The second-order valence-electron chi connectivity index (χ2n) is 4.57. The Labute approximate surface area is 143 Å². The lowest BCUT2D eigenvalue weighted by Crippen LogP contribution is -2.14. The van der Waals surface area contributed by atoms with E-state index in [9.17, 15) is 4.79 Å². The van der Waals surface area contributed by atoms with Gasteiger partial charge in [0.15, 0.2) is 4.34 Å². The standard InChI is InChI=1S/C15H19N3O3S2/c1-4-5-9-22-15-18-17-14(23-15)16-13(19)12-10(20-2)7-6-8-11(12)21-3/h6-8H,4-5,9H2,1-3H3,(H,16,17,19). The first-order valence-corrected chi connectivity index (χ1v) is 8.98. The first-order valence-electron chi connectivity index (χ1n) is 7.18. The molecule has 0 fully saturated rings. The molecule has 0 atom stereocenters. The first-order chi connectivity index (χ1) is 11.2. The minimum Gasteiger partial charge on any atom is -0.496 e. The van der Waals surface area contributed by atoms with E-state index in [4.69, 9.17) is 9.47 Å². The number of benzene rings is 1. The van der Waals surface area contributed by atoms with Crippen LogP contribution in [0.3, 0.4) is 0 Å². The summed E-state index contributed by atoms with van der Waals surface area (Å²) in [4.78, 5) is 12.5. The van der Waals surface area contributed by atoms with Crippen LogP contribution in [0.1, 0.15) is 30.1 Å². The molecule has 0 unspecified atom stereocenters. The van der Waals surface area contributed by atoms with Crippen molar-refractivity contribution in [3.05, 3.63) is 23.8 Å². The zero-order valence-corrected chi connectivity index (χ0v) is 14.9. The zero-order chi connectivity index (χ0) is 16.7. The smallest absolute Gasteiger partial charge is 0.265 e. The Kier molecular flexibility index (Phi) is 6.66. The number of carbonyl (C=O) groups is 1. The van der Waals surface area contributed by atoms with Crippen molar-refractivity contribution in [2.45, 2.75) is 24.1 Å². The van der Waals surface area contributed by atoms with Crippen LogP contribution in [0.4, 0.5) is 5.13 Å². The Morgan fingerprint density at radius 1 is 1.26 bits per heavy atom. The quantitative estimate of drug-likeness (QED) is 0.443. The number of nitrogens with zero attached hydrogens (tertiary/aromatic N) is 2. The molecule has 0 bridgehead atoms. The van der Waals surface area contributed by atoms with Gasteiger partial charge in [-0.3, -0.25) is 10.1 Å². The monoisotopic (exact) mass is 353 g/mol. The van der Waals surface area contributed by atoms with Gasteiger partial charge in [0.1, 0.15) is 17.1 Å². The van der Waals surface area contributed by atoms with Gasteiger partial charge in [0, 0.05) is 5.75 Å². The largest absolute Gasteiger partial charge is 0.496 e. The predicted octanol–water partition coefficient (Wildman–Crippen LogP) is 3.70. The summed E-state index contributed by atoms with van der Waals surface area (Å²) in [5.74, 6) is 1.56. The molecule has 0 saturated carbocycles. The number of ether oxygens (including phenoxy) is 2. The summed E-state index contributed by atoms with van der Waals surface area (Å²) in [6.45, 7) is 2.15. The van der Waals surface area contributed by atoms with E-state index in [1.807, 2.05) is 0 Å². The Hall–Kier alpha value is -1.80. The molecule has 23 heavy (non-hydrogen) atoms. The van der Waals surface area contributed by atoms with Crippen LogP contribution < -0.4 is 14.8 Å². The van der Waals surface area contributed by atoms with Crippen LogP contribution in [0, 0.1) is 0 Å². The molecule has 1 amide bonds. The highest BCUT2D eigenvalue weighted by molar-refractivity contribution is 8.01. The van der Waals surface area contributed by atoms with Gasteiger partial charge in [0.2, 0.25) is 5.13 Å². The third kappa shape index (κ3) is 4.59. The number of thioether (sulfide) groups is 1. The van der Waals surface area contributed by atoms with Crippen molar-refractivity contribution >= 4 is 34.1 Å². The highest BCUT2D eigenvalue weighted by Gasteiger charge is 2.19. The molecule has 0 aliphatic rings. The molecule has 0 aliphatic heterocycles. The Balaban J connectivity index is 2.10. The normalized spacial score (nSPS) is 10.4. The van der Waals surface area contributed by atoms with Crippen molar-refractivity contribution in [1.29, 1.82) is 0 Å². The fourth-order valence-corrected chi connectivity index (χ4v) is 3.76. The molecule has 124 valence electrons. The van der Waals surface area contributed by atoms with Gasteiger partial charge < -0.3 is 9.47 Å². The SMILES string of the molecule is CCCCSc1nnc(NC(=O)c2c(OC)cccc2OC)s1. The van der Waals surface area contributed by atoms with Gasteiger partial charge in [0.05, 0.1) is 14.2 Å². The number of aromatic nitrogens is 2. The third-order valence-electron chi connectivity index (χ3n) is 3.01. The molecule has 0 saturated heterocycles. The summed E-state index contributed by atoms with van der Waals surface area (Å²) < 4.78 is 11.3. The lowest BCUT2D eigenvalue weighted by Gasteiger charge is -2.11. The van der Waals surface area contributed by atoms with Crippen LogP contribution in [0.2, 0.25) is 0 Å². The van der Waals surface area contributed by atoms with Crippen LogP contribution in [-0.2, 0) is 0 Å². The molecular formula is C15H19N3O3S2. The number of rotatable bonds is 8. The van der Waals surface area contributed by atoms with E-state index >= 15 is 0 Å². The van der Waals surface area contributed by atoms with E-state index in [0.717, 1.165) is 22.9 Å². The molecule has 2 aromatic rings. The molecule has 0 aliphatic carbocycles. The van der Waals surface area contributed by atoms with Crippen molar-refractivity contribution < 1.29 is 14.3 Å². The minimum atomic E-state index is -0.333. The van der Waals surface area contributed by atoms with Gasteiger partial charge in [-0.1, -0.05) is 42.5 Å².